The van der Waals surface area contributed by atoms with Crippen molar-refractivity contribution in [1.29, 1.82) is 5.26 Å². The van der Waals surface area contributed by atoms with E-state index >= 15 is 0 Å². The molecule has 1 unspecified atom stereocenters. The summed E-state index contributed by atoms with van der Waals surface area (Å²) in [5.74, 6) is 0.887. The third-order valence-corrected chi connectivity index (χ3v) is 4.28. The Morgan fingerprint density at radius 3 is 2.96 bits per heavy atom. The highest BCUT2D eigenvalue weighted by atomic mass is 127. The number of aliphatic imine (C=N–C) groups is 1. The molecule has 0 amide bonds. The smallest absolute Gasteiger partial charge is 0.194 e. The Kier molecular flexibility index (Phi) is 11.2. The number of ether oxygens (including phenoxy) is 2. The van der Waals surface area contributed by atoms with Crippen molar-refractivity contribution in [2.45, 2.75) is 19.9 Å². The maximum absolute atomic E-state index is 13.9. The van der Waals surface area contributed by atoms with Crippen molar-refractivity contribution in [2.75, 3.05) is 46.6 Å². The maximum Gasteiger partial charge on any atom is 0.194 e. The second-order valence-corrected chi connectivity index (χ2v) is 6.26. The summed E-state index contributed by atoms with van der Waals surface area (Å²) in [5.41, 5.74) is 0.870. The summed E-state index contributed by atoms with van der Waals surface area (Å²) in [4.78, 5) is 6.75. The topological polar surface area (TPSA) is 69.9 Å². The number of nitrogens with one attached hydrogen (secondary N) is 1. The summed E-state index contributed by atoms with van der Waals surface area (Å²) in [6, 6.07) is 6.38. The molecule has 0 spiro atoms. The second-order valence-electron chi connectivity index (χ2n) is 6.26. The second kappa shape index (κ2) is 12.9. The first-order valence-corrected chi connectivity index (χ1v) is 8.96. The Bertz CT molecular complexity index is 651. The number of hydrogen-bond acceptors (Lipinski definition) is 4. The lowest BCUT2D eigenvalue weighted by Gasteiger charge is -2.21. The number of halogens is 2. The van der Waals surface area contributed by atoms with E-state index < -0.39 is 0 Å². The van der Waals surface area contributed by atoms with Gasteiger partial charge in [0.1, 0.15) is 5.82 Å². The lowest BCUT2D eigenvalue weighted by atomic mass is 10.1. The van der Waals surface area contributed by atoms with Crippen LogP contribution in [0, 0.1) is 23.1 Å². The van der Waals surface area contributed by atoms with Crippen LogP contribution in [0.3, 0.4) is 0 Å². The van der Waals surface area contributed by atoms with E-state index in [1.165, 1.54) is 12.1 Å². The fourth-order valence-corrected chi connectivity index (χ4v) is 2.90. The van der Waals surface area contributed by atoms with Crippen molar-refractivity contribution < 1.29 is 13.9 Å². The lowest BCUT2D eigenvalue weighted by Crippen LogP contribution is -2.40. The lowest BCUT2D eigenvalue weighted by molar-refractivity contribution is 0.0536. The molecule has 27 heavy (non-hydrogen) atoms. The predicted molar refractivity (Wildman–Crippen MR) is 114 cm³/mol. The Balaban J connectivity index is 0.00000364. The SMILES string of the molecule is CCNC(=NCc1cc(C#N)ccc1F)N1CCC(COCCOC)C1.I. The fourth-order valence-electron chi connectivity index (χ4n) is 2.90. The average Bonchev–Trinajstić information content (AvgIpc) is 3.12. The molecule has 0 saturated carbocycles. The zero-order valence-corrected chi connectivity index (χ0v) is 18.2. The van der Waals surface area contributed by atoms with Gasteiger partial charge in [-0.3, -0.25) is 0 Å². The molecule has 150 valence electrons. The number of benzene rings is 1. The standard InChI is InChI=1S/C19H27FN4O2.HI/c1-3-22-19(23-12-17-10-15(11-21)4-5-18(17)20)24-7-6-16(13-24)14-26-9-8-25-2;/h4-5,10,16H,3,6-9,12-14H2,1-2H3,(H,22,23);1H. The molecule has 1 aliphatic heterocycles. The Hall–Kier alpha value is -1.44. The number of methoxy groups -OCH3 is 1. The summed E-state index contributed by atoms with van der Waals surface area (Å²) in [7, 11) is 1.66. The minimum atomic E-state index is -0.338. The molecule has 0 bridgehead atoms. The van der Waals surface area contributed by atoms with Gasteiger partial charge < -0.3 is 19.7 Å². The van der Waals surface area contributed by atoms with Crippen LogP contribution in [0.1, 0.15) is 24.5 Å². The molecule has 1 heterocycles. The van der Waals surface area contributed by atoms with Gasteiger partial charge in [0.25, 0.3) is 0 Å². The van der Waals surface area contributed by atoms with E-state index in [4.69, 9.17) is 14.7 Å². The van der Waals surface area contributed by atoms with Crippen molar-refractivity contribution in [3.63, 3.8) is 0 Å². The summed E-state index contributed by atoms with van der Waals surface area (Å²) >= 11 is 0. The molecule has 0 radical (unpaired) electrons. The Morgan fingerprint density at radius 2 is 2.26 bits per heavy atom. The van der Waals surface area contributed by atoms with E-state index in [2.05, 4.69) is 15.2 Å². The molecule has 8 heteroatoms. The summed E-state index contributed by atoms with van der Waals surface area (Å²) in [6.07, 6.45) is 1.04. The van der Waals surface area contributed by atoms with Gasteiger partial charge in [0, 0.05) is 38.2 Å². The number of hydrogen-bond donors (Lipinski definition) is 1. The highest BCUT2D eigenvalue weighted by Gasteiger charge is 2.25. The van der Waals surface area contributed by atoms with E-state index in [0.29, 0.717) is 36.9 Å². The number of guanidine groups is 1. The number of likely N-dealkylation sites (tertiary alicyclic amines) is 1. The van der Waals surface area contributed by atoms with Gasteiger partial charge in [-0.25, -0.2) is 9.38 Å². The van der Waals surface area contributed by atoms with E-state index in [9.17, 15) is 4.39 Å². The van der Waals surface area contributed by atoms with Gasteiger partial charge in [-0.15, -0.1) is 24.0 Å². The van der Waals surface area contributed by atoms with Gasteiger partial charge >= 0.3 is 0 Å². The van der Waals surface area contributed by atoms with Gasteiger partial charge in [0.2, 0.25) is 0 Å². The Labute approximate surface area is 177 Å². The average molecular weight is 490 g/mol. The third kappa shape index (κ3) is 7.60. The van der Waals surface area contributed by atoms with Crippen LogP contribution in [0.2, 0.25) is 0 Å². The zero-order valence-electron chi connectivity index (χ0n) is 15.9. The number of nitrogens with zero attached hydrogens (tertiary/aromatic N) is 3. The molecule has 1 aliphatic rings. The van der Waals surface area contributed by atoms with E-state index in [0.717, 1.165) is 32.0 Å². The molecular formula is C19H28FIN4O2. The predicted octanol–water partition coefficient (Wildman–Crippen LogP) is 2.77. The molecule has 6 nitrogen and oxygen atoms in total. The van der Waals surface area contributed by atoms with Crippen LogP contribution in [-0.2, 0) is 16.0 Å². The maximum atomic E-state index is 13.9. The van der Waals surface area contributed by atoms with Gasteiger partial charge in [0.15, 0.2) is 5.96 Å². The van der Waals surface area contributed by atoms with Crippen molar-refractivity contribution >= 4 is 29.9 Å². The molecular weight excluding hydrogens is 462 g/mol. The monoisotopic (exact) mass is 490 g/mol. The number of rotatable bonds is 8. The molecule has 0 aliphatic carbocycles. The summed E-state index contributed by atoms with van der Waals surface area (Å²) in [6.45, 7) is 6.63. The first-order chi connectivity index (χ1) is 12.7. The van der Waals surface area contributed by atoms with Crippen LogP contribution >= 0.6 is 24.0 Å². The zero-order chi connectivity index (χ0) is 18.8. The van der Waals surface area contributed by atoms with Crippen LogP contribution in [-0.4, -0.2) is 57.4 Å². The van der Waals surface area contributed by atoms with Gasteiger partial charge in [-0.05, 0) is 31.5 Å². The molecule has 1 aromatic rings. The highest BCUT2D eigenvalue weighted by molar-refractivity contribution is 14.0. The van der Waals surface area contributed by atoms with Gasteiger partial charge in [-0.1, -0.05) is 0 Å². The molecule has 1 aromatic carbocycles. The van der Waals surface area contributed by atoms with Crippen molar-refractivity contribution in [1.82, 2.24) is 10.2 Å². The van der Waals surface area contributed by atoms with Gasteiger partial charge in [-0.2, -0.15) is 5.26 Å². The summed E-state index contributed by atoms with van der Waals surface area (Å²) < 4.78 is 24.6. The molecule has 1 saturated heterocycles. The first kappa shape index (κ1) is 23.6. The number of nitriles is 1. The van der Waals surface area contributed by atoms with Gasteiger partial charge in [0.05, 0.1) is 38.0 Å². The Morgan fingerprint density at radius 1 is 1.44 bits per heavy atom. The minimum Gasteiger partial charge on any atom is -0.382 e. The van der Waals surface area contributed by atoms with Crippen LogP contribution < -0.4 is 5.32 Å². The molecule has 0 aromatic heterocycles. The van der Waals surface area contributed by atoms with Crippen LogP contribution in [0.15, 0.2) is 23.2 Å². The summed E-state index contributed by atoms with van der Waals surface area (Å²) in [5, 5.41) is 12.2. The van der Waals surface area contributed by atoms with Crippen LogP contribution in [0.25, 0.3) is 0 Å². The highest BCUT2D eigenvalue weighted by Crippen LogP contribution is 2.17. The molecule has 1 N–H and O–H groups in total. The quantitative estimate of drug-likeness (QED) is 0.263. The van der Waals surface area contributed by atoms with Crippen LogP contribution in [0.5, 0.6) is 0 Å². The van der Waals surface area contributed by atoms with Crippen molar-refractivity contribution in [3.05, 3.63) is 35.1 Å². The normalized spacial score (nSPS) is 16.7. The van der Waals surface area contributed by atoms with Crippen molar-refractivity contribution in [3.8, 4) is 6.07 Å². The first-order valence-electron chi connectivity index (χ1n) is 8.96. The van der Waals surface area contributed by atoms with E-state index in [1.54, 1.807) is 13.2 Å². The van der Waals surface area contributed by atoms with Crippen LogP contribution in [0.4, 0.5) is 4.39 Å². The molecule has 2 rings (SSSR count). The largest absolute Gasteiger partial charge is 0.382 e. The molecule has 1 fully saturated rings. The van der Waals surface area contributed by atoms with Crippen molar-refractivity contribution in [2.24, 2.45) is 10.9 Å². The fraction of sp³-hybridized carbons (Fsp3) is 0.579. The van der Waals surface area contributed by atoms with E-state index in [-0.39, 0.29) is 36.3 Å². The minimum absolute atomic E-state index is 0. The van der Waals surface area contributed by atoms with E-state index in [1.807, 2.05) is 13.0 Å². The molecule has 1 atom stereocenters. The third-order valence-electron chi connectivity index (χ3n) is 4.28.